The number of hydrogen-bond acceptors (Lipinski definition) is 1. The van der Waals surface area contributed by atoms with E-state index in [0.29, 0.717) is 0 Å². The number of ether oxygens (including phenoxy) is 1. The van der Waals surface area contributed by atoms with E-state index in [4.69, 9.17) is 4.74 Å². The highest BCUT2D eigenvalue weighted by atomic mass is 16.5. The van der Waals surface area contributed by atoms with E-state index in [2.05, 4.69) is 27.9 Å². The fraction of sp³-hybridized carbons (Fsp3) is 1.00. The Morgan fingerprint density at radius 3 is 2.25 bits per heavy atom. The van der Waals surface area contributed by atoms with Gasteiger partial charge in [0.05, 0.1) is 27.2 Å². The summed E-state index contributed by atoms with van der Waals surface area (Å²) in [6.07, 6.45) is 3.77. The van der Waals surface area contributed by atoms with E-state index in [1.807, 2.05) is 0 Å². The molecule has 74 valence electrons. The second-order valence-corrected chi connectivity index (χ2v) is 4.00. The first-order valence-corrected chi connectivity index (χ1v) is 5.02. The van der Waals surface area contributed by atoms with Crippen molar-refractivity contribution in [3.63, 3.8) is 0 Å². The van der Waals surface area contributed by atoms with E-state index >= 15 is 0 Å². The van der Waals surface area contributed by atoms with Gasteiger partial charge in [0.2, 0.25) is 0 Å². The number of unbranched alkanes of at least 4 members (excludes halogenated alkanes) is 2. The van der Waals surface area contributed by atoms with E-state index in [-0.39, 0.29) is 0 Å². The Labute approximate surface area is 77.1 Å². The number of nitrogens with zero attached hydrogens (tertiary/aromatic N) is 1. The zero-order chi connectivity index (χ0) is 9.45. The van der Waals surface area contributed by atoms with Crippen LogP contribution >= 0.6 is 0 Å². The molecule has 0 fully saturated rings. The zero-order valence-corrected chi connectivity index (χ0v) is 9.10. The number of hydrogen-bond donors (Lipinski definition) is 0. The molecule has 0 aromatic carbocycles. The van der Waals surface area contributed by atoms with Crippen molar-refractivity contribution < 1.29 is 9.22 Å². The second-order valence-electron chi connectivity index (χ2n) is 4.00. The lowest BCUT2D eigenvalue weighted by Gasteiger charge is -2.27. The molecule has 0 aliphatic rings. The zero-order valence-electron chi connectivity index (χ0n) is 9.10. The minimum atomic E-state index is 0.847. The first-order chi connectivity index (χ1) is 5.62. The molecule has 0 amide bonds. The molecule has 0 aromatic rings. The molecule has 0 unspecified atom stereocenters. The molecule has 0 N–H and O–H groups in total. The normalized spacial score (nSPS) is 12.0. The second kappa shape index (κ2) is 6.44. The van der Waals surface area contributed by atoms with Crippen molar-refractivity contribution in [1.29, 1.82) is 0 Å². The van der Waals surface area contributed by atoms with Crippen LogP contribution in [0.5, 0.6) is 0 Å². The first-order valence-electron chi connectivity index (χ1n) is 5.02. The van der Waals surface area contributed by atoms with E-state index in [1.54, 1.807) is 0 Å². The van der Waals surface area contributed by atoms with Crippen LogP contribution < -0.4 is 0 Å². The Bertz CT molecular complexity index is 102. The number of quaternary nitrogens is 1. The Morgan fingerprint density at radius 1 is 1.08 bits per heavy atom. The van der Waals surface area contributed by atoms with Crippen LogP contribution in [0.3, 0.4) is 0 Å². The lowest BCUT2D eigenvalue weighted by atomic mass is 10.3. The molecule has 0 spiro atoms. The van der Waals surface area contributed by atoms with Gasteiger partial charge in [0, 0.05) is 0 Å². The van der Waals surface area contributed by atoms with Gasteiger partial charge in [-0.2, -0.15) is 0 Å². The Kier molecular flexibility index (Phi) is 6.39. The lowest BCUT2D eigenvalue weighted by Crippen LogP contribution is -2.41. The molecular formula is C10H24NO+. The molecule has 12 heavy (non-hydrogen) atoms. The molecular weight excluding hydrogens is 150 g/mol. The summed E-state index contributed by atoms with van der Waals surface area (Å²) >= 11 is 0. The van der Waals surface area contributed by atoms with Crippen LogP contribution in [0, 0.1) is 0 Å². The van der Waals surface area contributed by atoms with Crippen LogP contribution in [-0.2, 0) is 4.74 Å². The highest BCUT2D eigenvalue weighted by Crippen LogP contribution is 1.99. The van der Waals surface area contributed by atoms with Gasteiger partial charge in [-0.25, -0.2) is 0 Å². The summed E-state index contributed by atoms with van der Waals surface area (Å²) in [6.45, 7) is 7.31. The Morgan fingerprint density at radius 2 is 1.75 bits per heavy atom. The first kappa shape index (κ1) is 11.9. The van der Waals surface area contributed by atoms with Crippen LogP contribution in [0.15, 0.2) is 0 Å². The summed E-state index contributed by atoms with van der Waals surface area (Å²) in [5, 5.41) is 0. The third-order valence-corrected chi connectivity index (χ3v) is 2.19. The third-order valence-electron chi connectivity index (χ3n) is 2.19. The smallest absolute Gasteiger partial charge is 0.182 e. The fourth-order valence-corrected chi connectivity index (χ4v) is 0.857. The van der Waals surface area contributed by atoms with E-state index in [0.717, 1.165) is 24.4 Å². The van der Waals surface area contributed by atoms with Crippen LogP contribution in [0.1, 0.15) is 33.1 Å². The van der Waals surface area contributed by atoms with Crippen LogP contribution in [-0.4, -0.2) is 38.5 Å². The maximum Gasteiger partial charge on any atom is 0.182 e. The van der Waals surface area contributed by atoms with Gasteiger partial charge < -0.3 is 9.22 Å². The van der Waals surface area contributed by atoms with Gasteiger partial charge in [-0.05, 0) is 13.3 Å². The molecule has 0 saturated carbocycles. The molecule has 0 atom stereocenters. The topological polar surface area (TPSA) is 9.23 Å². The summed E-state index contributed by atoms with van der Waals surface area (Å²) in [4.78, 5) is 0. The quantitative estimate of drug-likeness (QED) is 0.327. The molecule has 0 aromatic heterocycles. The standard InChI is InChI=1S/C10H24NO/c1-5-7-8-9-12-10-11(3,4)6-2/h5-10H2,1-4H3/q+1. The van der Waals surface area contributed by atoms with Gasteiger partial charge in [0.1, 0.15) is 0 Å². The van der Waals surface area contributed by atoms with Gasteiger partial charge >= 0.3 is 0 Å². The molecule has 0 saturated heterocycles. The van der Waals surface area contributed by atoms with Crippen molar-refractivity contribution in [2.75, 3.05) is 34.0 Å². The molecule has 0 aliphatic carbocycles. The van der Waals surface area contributed by atoms with Crippen molar-refractivity contribution in [3.8, 4) is 0 Å². The average Bonchev–Trinajstić information content (AvgIpc) is 2.04. The molecule has 0 heterocycles. The highest BCUT2D eigenvalue weighted by molar-refractivity contribution is 4.34. The molecule has 2 heteroatoms. The van der Waals surface area contributed by atoms with E-state index < -0.39 is 0 Å². The molecule has 0 rings (SSSR count). The van der Waals surface area contributed by atoms with Gasteiger partial charge in [0.25, 0.3) is 0 Å². The monoisotopic (exact) mass is 174 g/mol. The summed E-state index contributed by atoms with van der Waals surface area (Å²) in [7, 11) is 4.39. The molecule has 0 radical (unpaired) electrons. The molecule has 2 nitrogen and oxygen atoms in total. The predicted octanol–water partition coefficient (Wildman–Crippen LogP) is 2.25. The summed E-state index contributed by atoms with van der Waals surface area (Å²) in [5.41, 5.74) is 0. The molecule has 0 bridgehead atoms. The van der Waals surface area contributed by atoms with Crippen LogP contribution in [0.25, 0.3) is 0 Å². The minimum absolute atomic E-state index is 0.847. The van der Waals surface area contributed by atoms with Crippen molar-refractivity contribution in [1.82, 2.24) is 0 Å². The SMILES string of the molecule is CCCCCOC[N+](C)(C)CC. The summed E-state index contributed by atoms with van der Waals surface area (Å²) < 4.78 is 6.53. The average molecular weight is 174 g/mol. The van der Waals surface area contributed by atoms with E-state index in [1.165, 1.54) is 19.3 Å². The fourth-order valence-electron chi connectivity index (χ4n) is 0.857. The Balaban J connectivity index is 3.19. The van der Waals surface area contributed by atoms with Gasteiger partial charge in [-0.3, -0.25) is 0 Å². The predicted molar refractivity (Wildman–Crippen MR) is 53.0 cm³/mol. The minimum Gasteiger partial charge on any atom is -0.332 e. The number of rotatable bonds is 7. The third kappa shape index (κ3) is 6.62. The van der Waals surface area contributed by atoms with Crippen molar-refractivity contribution in [3.05, 3.63) is 0 Å². The van der Waals surface area contributed by atoms with Crippen LogP contribution in [0.4, 0.5) is 0 Å². The van der Waals surface area contributed by atoms with Crippen molar-refractivity contribution in [2.24, 2.45) is 0 Å². The maximum absolute atomic E-state index is 5.56. The van der Waals surface area contributed by atoms with Crippen molar-refractivity contribution in [2.45, 2.75) is 33.1 Å². The summed E-state index contributed by atoms with van der Waals surface area (Å²) in [6, 6.07) is 0. The van der Waals surface area contributed by atoms with Crippen LogP contribution in [0.2, 0.25) is 0 Å². The largest absolute Gasteiger partial charge is 0.332 e. The maximum atomic E-state index is 5.56. The van der Waals surface area contributed by atoms with Gasteiger partial charge in [-0.1, -0.05) is 19.8 Å². The summed E-state index contributed by atoms with van der Waals surface area (Å²) in [5.74, 6) is 0. The lowest BCUT2D eigenvalue weighted by molar-refractivity contribution is -0.908. The van der Waals surface area contributed by atoms with E-state index in [9.17, 15) is 0 Å². The van der Waals surface area contributed by atoms with Gasteiger partial charge in [-0.15, -0.1) is 0 Å². The van der Waals surface area contributed by atoms with Gasteiger partial charge in [0.15, 0.2) is 6.73 Å². The molecule has 0 aliphatic heterocycles. The highest BCUT2D eigenvalue weighted by Gasteiger charge is 2.10. The van der Waals surface area contributed by atoms with Crippen molar-refractivity contribution >= 4 is 0 Å². The Hall–Kier alpha value is -0.0800.